The van der Waals surface area contributed by atoms with E-state index in [4.69, 9.17) is 14.2 Å². The summed E-state index contributed by atoms with van der Waals surface area (Å²) in [5, 5.41) is 2.96. The number of carbonyl (C=O) groups is 1. The summed E-state index contributed by atoms with van der Waals surface area (Å²) in [6.07, 6.45) is 3.20. The van der Waals surface area contributed by atoms with Gasteiger partial charge in [-0.05, 0) is 56.7 Å². The van der Waals surface area contributed by atoms with Crippen molar-refractivity contribution in [1.29, 1.82) is 0 Å². The fourth-order valence-electron chi connectivity index (χ4n) is 2.52. The number of nitrogens with one attached hydrogen (secondary N) is 1. The molecule has 1 aromatic rings. The Labute approximate surface area is 171 Å². The lowest BCUT2D eigenvalue weighted by Crippen LogP contribution is -2.22. The van der Waals surface area contributed by atoms with E-state index in [0.717, 1.165) is 30.2 Å². The molecule has 1 rings (SSSR count). The first-order valence-corrected chi connectivity index (χ1v) is 10.6. The fraction of sp³-hybridized carbons (Fsp3) is 0.696. The van der Waals surface area contributed by atoms with Crippen molar-refractivity contribution in [2.45, 2.75) is 66.6 Å². The van der Waals surface area contributed by atoms with Gasteiger partial charge in [0.25, 0.3) is 0 Å². The highest BCUT2D eigenvalue weighted by atomic mass is 16.5. The van der Waals surface area contributed by atoms with E-state index in [-0.39, 0.29) is 17.9 Å². The van der Waals surface area contributed by atoms with E-state index in [1.54, 1.807) is 0 Å². The Morgan fingerprint density at radius 1 is 0.893 bits per heavy atom. The Morgan fingerprint density at radius 2 is 1.54 bits per heavy atom. The molecule has 160 valence electrons. The summed E-state index contributed by atoms with van der Waals surface area (Å²) >= 11 is 0. The summed E-state index contributed by atoms with van der Waals surface area (Å²) in [6, 6.07) is 7.79. The van der Waals surface area contributed by atoms with E-state index in [1.807, 2.05) is 45.0 Å². The monoisotopic (exact) mass is 393 g/mol. The average Bonchev–Trinajstić information content (AvgIpc) is 2.65. The summed E-state index contributed by atoms with van der Waals surface area (Å²) in [7, 11) is 0. The van der Waals surface area contributed by atoms with Crippen LogP contribution in [-0.4, -0.2) is 38.4 Å². The number of amides is 1. The van der Waals surface area contributed by atoms with Crippen molar-refractivity contribution >= 4 is 11.6 Å². The van der Waals surface area contributed by atoms with Crippen LogP contribution in [-0.2, 0) is 25.6 Å². The molecule has 0 spiro atoms. The van der Waals surface area contributed by atoms with Gasteiger partial charge in [0.15, 0.2) is 0 Å². The zero-order valence-electron chi connectivity index (χ0n) is 18.3. The Kier molecular flexibility index (Phi) is 12.8. The predicted octanol–water partition coefficient (Wildman–Crippen LogP) is 5.05. The number of hydrogen-bond donors (Lipinski definition) is 1. The molecular weight excluding hydrogens is 354 g/mol. The number of carbonyl (C=O) groups excluding carboxylic acids is 1. The maximum atomic E-state index is 12.3. The molecule has 0 bridgehead atoms. The first-order valence-electron chi connectivity index (χ1n) is 10.6. The highest BCUT2D eigenvalue weighted by Crippen LogP contribution is 2.13. The predicted molar refractivity (Wildman–Crippen MR) is 114 cm³/mol. The molecule has 1 amide bonds. The second kappa shape index (κ2) is 14.6. The van der Waals surface area contributed by atoms with Crippen LogP contribution in [0.5, 0.6) is 0 Å². The Hall–Kier alpha value is -1.43. The average molecular weight is 394 g/mol. The van der Waals surface area contributed by atoms with E-state index < -0.39 is 0 Å². The molecule has 0 aliphatic carbocycles. The van der Waals surface area contributed by atoms with Crippen LogP contribution < -0.4 is 5.32 Å². The minimum absolute atomic E-state index is 0.0136. The van der Waals surface area contributed by atoms with Crippen LogP contribution in [0.4, 0.5) is 5.69 Å². The molecule has 0 heterocycles. The van der Waals surface area contributed by atoms with Crippen molar-refractivity contribution in [3.8, 4) is 0 Å². The molecule has 5 nitrogen and oxygen atoms in total. The third kappa shape index (κ3) is 12.1. The summed E-state index contributed by atoms with van der Waals surface area (Å²) in [4.78, 5) is 12.3. The third-order valence-corrected chi connectivity index (χ3v) is 4.39. The van der Waals surface area contributed by atoms with Gasteiger partial charge in [0, 0.05) is 24.8 Å². The van der Waals surface area contributed by atoms with Gasteiger partial charge in [0.2, 0.25) is 5.91 Å². The summed E-state index contributed by atoms with van der Waals surface area (Å²) in [5.41, 5.74) is 1.90. The van der Waals surface area contributed by atoms with Gasteiger partial charge in [-0.2, -0.15) is 0 Å². The van der Waals surface area contributed by atoms with Crippen LogP contribution in [0.3, 0.4) is 0 Å². The fourth-order valence-corrected chi connectivity index (χ4v) is 2.52. The number of benzene rings is 1. The lowest BCUT2D eigenvalue weighted by atomic mass is 10.1. The molecule has 0 unspecified atom stereocenters. The van der Waals surface area contributed by atoms with Gasteiger partial charge >= 0.3 is 0 Å². The molecule has 0 aromatic heterocycles. The zero-order valence-corrected chi connectivity index (χ0v) is 18.3. The van der Waals surface area contributed by atoms with Crippen LogP contribution in [0.1, 0.15) is 59.4 Å². The second-order valence-corrected chi connectivity index (χ2v) is 8.00. The van der Waals surface area contributed by atoms with Gasteiger partial charge in [-0.3, -0.25) is 4.79 Å². The molecule has 28 heavy (non-hydrogen) atoms. The molecule has 0 saturated carbocycles. The van der Waals surface area contributed by atoms with Crippen LogP contribution >= 0.6 is 0 Å². The highest BCUT2D eigenvalue weighted by molar-refractivity contribution is 5.92. The maximum absolute atomic E-state index is 12.3. The summed E-state index contributed by atoms with van der Waals surface area (Å²) in [6.45, 7) is 13.5. The standard InChI is InChI=1S/C23H39NO4/c1-18(2)7-6-13-26-15-16-27-14-12-20(5)23(25)24-22-10-8-21(9-11-22)17-28-19(3)4/h8-11,18-20H,6-7,12-17H2,1-5H3,(H,24,25)/t20-/m1/s1. The second-order valence-electron chi connectivity index (χ2n) is 8.00. The minimum Gasteiger partial charge on any atom is -0.379 e. The third-order valence-electron chi connectivity index (χ3n) is 4.39. The maximum Gasteiger partial charge on any atom is 0.227 e. The molecule has 0 fully saturated rings. The molecular formula is C23H39NO4. The molecule has 0 saturated heterocycles. The minimum atomic E-state index is -0.101. The van der Waals surface area contributed by atoms with E-state index >= 15 is 0 Å². The number of rotatable bonds is 15. The molecule has 1 atom stereocenters. The molecule has 0 radical (unpaired) electrons. The highest BCUT2D eigenvalue weighted by Gasteiger charge is 2.13. The smallest absolute Gasteiger partial charge is 0.227 e. The van der Waals surface area contributed by atoms with E-state index in [1.165, 1.54) is 6.42 Å². The van der Waals surface area contributed by atoms with Crippen LogP contribution in [0.2, 0.25) is 0 Å². The van der Waals surface area contributed by atoms with Crippen molar-refractivity contribution in [3.05, 3.63) is 29.8 Å². The van der Waals surface area contributed by atoms with Crippen molar-refractivity contribution in [1.82, 2.24) is 0 Å². The van der Waals surface area contributed by atoms with E-state index in [0.29, 0.717) is 32.8 Å². The van der Waals surface area contributed by atoms with Crippen LogP contribution in [0.25, 0.3) is 0 Å². The van der Waals surface area contributed by atoms with Gasteiger partial charge < -0.3 is 19.5 Å². The largest absolute Gasteiger partial charge is 0.379 e. The van der Waals surface area contributed by atoms with Gasteiger partial charge in [-0.1, -0.05) is 32.9 Å². The molecule has 1 N–H and O–H groups in total. The number of ether oxygens (including phenoxy) is 3. The first-order chi connectivity index (χ1) is 13.4. The number of anilines is 1. The first kappa shape index (κ1) is 24.6. The lowest BCUT2D eigenvalue weighted by Gasteiger charge is -2.13. The molecule has 5 heteroatoms. The quantitative estimate of drug-likeness (QED) is 0.424. The van der Waals surface area contributed by atoms with Gasteiger partial charge in [-0.25, -0.2) is 0 Å². The lowest BCUT2D eigenvalue weighted by molar-refractivity contribution is -0.120. The molecule has 1 aromatic carbocycles. The zero-order chi connectivity index (χ0) is 20.8. The van der Waals surface area contributed by atoms with Crippen molar-refractivity contribution < 1.29 is 19.0 Å². The van der Waals surface area contributed by atoms with Crippen LogP contribution in [0.15, 0.2) is 24.3 Å². The normalized spacial score (nSPS) is 12.5. The van der Waals surface area contributed by atoms with Gasteiger partial charge in [0.05, 0.1) is 25.9 Å². The Morgan fingerprint density at radius 3 is 2.14 bits per heavy atom. The van der Waals surface area contributed by atoms with Gasteiger partial charge in [0.1, 0.15) is 0 Å². The van der Waals surface area contributed by atoms with Crippen molar-refractivity contribution in [3.63, 3.8) is 0 Å². The topological polar surface area (TPSA) is 56.8 Å². The molecule has 0 aliphatic rings. The van der Waals surface area contributed by atoms with E-state index in [2.05, 4.69) is 19.2 Å². The van der Waals surface area contributed by atoms with Crippen molar-refractivity contribution in [2.75, 3.05) is 31.7 Å². The SMILES string of the molecule is CC(C)CCCOCCOCC[C@@H](C)C(=O)Nc1ccc(COC(C)C)cc1. The number of hydrogen-bond acceptors (Lipinski definition) is 4. The summed E-state index contributed by atoms with van der Waals surface area (Å²) in [5.74, 6) is 0.639. The molecule has 0 aliphatic heterocycles. The van der Waals surface area contributed by atoms with E-state index in [9.17, 15) is 4.79 Å². The van der Waals surface area contributed by atoms with Gasteiger partial charge in [-0.15, -0.1) is 0 Å². The Balaban J connectivity index is 2.13. The Bertz CT molecular complexity index is 528. The summed E-state index contributed by atoms with van der Waals surface area (Å²) < 4.78 is 16.7. The van der Waals surface area contributed by atoms with Crippen molar-refractivity contribution in [2.24, 2.45) is 11.8 Å². The van der Waals surface area contributed by atoms with Crippen LogP contribution in [0, 0.1) is 11.8 Å².